The molecule has 0 radical (unpaired) electrons. The number of halogens is 1. The Hall–Kier alpha value is -2.11. The maximum absolute atomic E-state index is 13.8. The SMILES string of the molecule is OC(CNC(c1ccc2c(c1)OCCO2)C1CC1)c1ccccc1F. The summed E-state index contributed by atoms with van der Waals surface area (Å²) in [4.78, 5) is 0. The fourth-order valence-corrected chi connectivity index (χ4v) is 3.33. The van der Waals surface area contributed by atoms with Crippen molar-refractivity contribution in [1.82, 2.24) is 5.32 Å². The summed E-state index contributed by atoms with van der Waals surface area (Å²) in [7, 11) is 0. The van der Waals surface area contributed by atoms with Crippen molar-refractivity contribution in [1.29, 1.82) is 0 Å². The molecule has 1 aliphatic carbocycles. The molecule has 2 N–H and O–H groups in total. The zero-order valence-corrected chi connectivity index (χ0v) is 14.0. The van der Waals surface area contributed by atoms with Crippen LogP contribution in [0.15, 0.2) is 42.5 Å². The molecule has 132 valence electrons. The molecule has 25 heavy (non-hydrogen) atoms. The summed E-state index contributed by atoms with van der Waals surface area (Å²) in [6.07, 6.45) is 1.43. The molecule has 0 spiro atoms. The Morgan fingerprint density at radius 3 is 2.60 bits per heavy atom. The lowest BCUT2D eigenvalue weighted by Gasteiger charge is -2.24. The molecule has 4 rings (SSSR count). The van der Waals surface area contributed by atoms with E-state index in [4.69, 9.17) is 9.47 Å². The zero-order chi connectivity index (χ0) is 17.2. The number of fused-ring (bicyclic) bond motifs is 1. The van der Waals surface area contributed by atoms with Gasteiger partial charge in [-0.05, 0) is 42.5 Å². The summed E-state index contributed by atoms with van der Waals surface area (Å²) in [6.45, 7) is 1.44. The van der Waals surface area contributed by atoms with Gasteiger partial charge in [0.15, 0.2) is 11.5 Å². The van der Waals surface area contributed by atoms with Crippen molar-refractivity contribution < 1.29 is 19.0 Å². The quantitative estimate of drug-likeness (QED) is 0.844. The van der Waals surface area contributed by atoms with Gasteiger partial charge in [-0.15, -0.1) is 0 Å². The number of aliphatic hydroxyl groups excluding tert-OH is 1. The molecule has 1 saturated carbocycles. The van der Waals surface area contributed by atoms with Crippen LogP contribution in [-0.4, -0.2) is 24.9 Å². The molecule has 2 unspecified atom stereocenters. The van der Waals surface area contributed by atoms with E-state index in [1.54, 1.807) is 18.2 Å². The number of aliphatic hydroxyl groups is 1. The summed E-state index contributed by atoms with van der Waals surface area (Å²) < 4.78 is 25.1. The first-order valence-electron chi connectivity index (χ1n) is 8.78. The monoisotopic (exact) mass is 343 g/mol. The van der Waals surface area contributed by atoms with Gasteiger partial charge in [-0.25, -0.2) is 4.39 Å². The smallest absolute Gasteiger partial charge is 0.161 e. The maximum atomic E-state index is 13.8. The number of rotatable bonds is 6. The van der Waals surface area contributed by atoms with E-state index in [2.05, 4.69) is 5.32 Å². The highest BCUT2D eigenvalue weighted by atomic mass is 19.1. The second-order valence-electron chi connectivity index (χ2n) is 6.66. The lowest BCUT2D eigenvalue weighted by Crippen LogP contribution is -2.28. The first kappa shape index (κ1) is 16.4. The molecule has 2 aliphatic rings. The van der Waals surface area contributed by atoms with E-state index in [9.17, 15) is 9.50 Å². The van der Waals surface area contributed by atoms with Gasteiger partial charge < -0.3 is 19.9 Å². The van der Waals surface area contributed by atoms with Crippen molar-refractivity contribution in [2.45, 2.75) is 25.0 Å². The van der Waals surface area contributed by atoms with E-state index >= 15 is 0 Å². The molecule has 0 amide bonds. The highest BCUT2D eigenvalue weighted by Gasteiger charge is 2.33. The Kier molecular flexibility index (Phi) is 4.59. The largest absolute Gasteiger partial charge is 0.486 e. The summed E-state index contributed by atoms with van der Waals surface area (Å²) in [5, 5.41) is 13.8. The second-order valence-corrected chi connectivity index (χ2v) is 6.66. The molecular formula is C20H22FNO3. The Morgan fingerprint density at radius 2 is 1.84 bits per heavy atom. The molecule has 0 saturated heterocycles. The van der Waals surface area contributed by atoms with Crippen LogP contribution in [0, 0.1) is 11.7 Å². The van der Waals surface area contributed by atoms with Crippen molar-refractivity contribution in [3.63, 3.8) is 0 Å². The average Bonchev–Trinajstić information content (AvgIpc) is 3.47. The van der Waals surface area contributed by atoms with E-state index < -0.39 is 6.10 Å². The van der Waals surface area contributed by atoms with Crippen LogP contribution in [0.5, 0.6) is 11.5 Å². The Bertz CT molecular complexity index is 747. The molecule has 2 aromatic carbocycles. The van der Waals surface area contributed by atoms with Crippen molar-refractivity contribution in [2.24, 2.45) is 5.92 Å². The van der Waals surface area contributed by atoms with Gasteiger partial charge in [-0.3, -0.25) is 0 Å². The molecule has 2 atom stereocenters. The second kappa shape index (κ2) is 7.02. The highest BCUT2D eigenvalue weighted by molar-refractivity contribution is 5.45. The van der Waals surface area contributed by atoms with Crippen molar-refractivity contribution >= 4 is 0 Å². The first-order valence-corrected chi connectivity index (χ1v) is 8.78. The molecule has 1 heterocycles. The molecule has 1 aliphatic heterocycles. The Labute approximate surface area is 146 Å². The number of nitrogens with one attached hydrogen (secondary N) is 1. The van der Waals surface area contributed by atoms with Crippen LogP contribution in [0.1, 0.15) is 36.1 Å². The number of hydrogen-bond donors (Lipinski definition) is 2. The summed E-state index contributed by atoms with van der Waals surface area (Å²) >= 11 is 0. The van der Waals surface area contributed by atoms with Gasteiger partial charge in [0.1, 0.15) is 19.0 Å². The molecule has 2 aromatic rings. The van der Waals surface area contributed by atoms with Gasteiger partial charge >= 0.3 is 0 Å². The third-order valence-electron chi connectivity index (χ3n) is 4.81. The molecule has 5 heteroatoms. The minimum atomic E-state index is -0.875. The van der Waals surface area contributed by atoms with Crippen LogP contribution in [-0.2, 0) is 0 Å². The minimum absolute atomic E-state index is 0.122. The first-order chi connectivity index (χ1) is 12.2. The molecule has 4 nitrogen and oxygen atoms in total. The number of benzene rings is 2. The topological polar surface area (TPSA) is 50.7 Å². The van der Waals surface area contributed by atoms with E-state index in [1.807, 2.05) is 18.2 Å². The molecule has 0 bridgehead atoms. The van der Waals surface area contributed by atoms with E-state index in [-0.39, 0.29) is 11.9 Å². The number of hydrogen-bond acceptors (Lipinski definition) is 4. The minimum Gasteiger partial charge on any atom is -0.486 e. The lowest BCUT2D eigenvalue weighted by atomic mass is 10.0. The van der Waals surface area contributed by atoms with Gasteiger partial charge in [0.05, 0.1) is 6.10 Å². The summed E-state index contributed by atoms with van der Waals surface area (Å²) in [5.74, 6) is 1.70. The van der Waals surface area contributed by atoms with Crippen molar-refractivity contribution in [3.8, 4) is 11.5 Å². The van der Waals surface area contributed by atoms with Crippen LogP contribution < -0.4 is 14.8 Å². The van der Waals surface area contributed by atoms with E-state index in [1.165, 1.54) is 6.07 Å². The van der Waals surface area contributed by atoms with E-state index in [0.717, 1.165) is 29.9 Å². The third kappa shape index (κ3) is 3.62. The van der Waals surface area contributed by atoms with Crippen molar-refractivity contribution in [2.75, 3.05) is 19.8 Å². The summed E-state index contributed by atoms with van der Waals surface area (Å²) in [6, 6.07) is 12.5. The van der Waals surface area contributed by atoms with Gasteiger partial charge in [-0.1, -0.05) is 24.3 Å². The molecule has 0 aromatic heterocycles. The van der Waals surface area contributed by atoms with Crippen LogP contribution in [0.25, 0.3) is 0 Å². The molecule has 1 fully saturated rings. The van der Waals surface area contributed by atoms with Gasteiger partial charge in [0.2, 0.25) is 0 Å². The van der Waals surface area contributed by atoms with Gasteiger partial charge in [0, 0.05) is 18.2 Å². The Morgan fingerprint density at radius 1 is 1.08 bits per heavy atom. The van der Waals surface area contributed by atoms with Gasteiger partial charge in [-0.2, -0.15) is 0 Å². The van der Waals surface area contributed by atoms with Crippen LogP contribution >= 0.6 is 0 Å². The third-order valence-corrected chi connectivity index (χ3v) is 4.81. The standard InChI is InChI=1S/C20H22FNO3/c21-16-4-2-1-3-15(16)17(23)12-22-20(13-5-6-13)14-7-8-18-19(11-14)25-10-9-24-18/h1-4,7-8,11,13,17,20,22-23H,5-6,9-10,12H2. The fourth-order valence-electron chi connectivity index (χ4n) is 3.33. The number of ether oxygens (including phenoxy) is 2. The maximum Gasteiger partial charge on any atom is 0.161 e. The highest BCUT2D eigenvalue weighted by Crippen LogP contribution is 2.43. The predicted octanol–water partition coefficient (Wildman–Crippen LogP) is 3.37. The van der Waals surface area contributed by atoms with Crippen LogP contribution in [0.3, 0.4) is 0 Å². The van der Waals surface area contributed by atoms with Crippen LogP contribution in [0.2, 0.25) is 0 Å². The molecular weight excluding hydrogens is 321 g/mol. The van der Waals surface area contributed by atoms with Gasteiger partial charge in [0.25, 0.3) is 0 Å². The van der Waals surface area contributed by atoms with Crippen LogP contribution in [0.4, 0.5) is 4.39 Å². The zero-order valence-electron chi connectivity index (χ0n) is 14.0. The predicted molar refractivity (Wildman–Crippen MR) is 92.3 cm³/mol. The Balaban J connectivity index is 1.48. The summed E-state index contributed by atoms with van der Waals surface area (Å²) in [5.41, 5.74) is 1.44. The average molecular weight is 343 g/mol. The fraction of sp³-hybridized carbons (Fsp3) is 0.400. The normalized spacial score (nSPS) is 18.6. The lowest BCUT2D eigenvalue weighted by molar-refractivity contribution is 0.163. The van der Waals surface area contributed by atoms with E-state index in [0.29, 0.717) is 31.2 Å². The van der Waals surface area contributed by atoms with Crippen molar-refractivity contribution in [3.05, 3.63) is 59.4 Å².